The van der Waals surface area contributed by atoms with Gasteiger partial charge in [0.1, 0.15) is 18.5 Å². The summed E-state index contributed by atoms with van der Waals surface area (Å²) in [5, 5.41) is 22.4. The van der Waals surface area contributed by atoms with Gasteiger partial charge in [-0.1, -0.05) is 11.6 Å². The van der Waals surface area contributed by atoms with E-state index in [0.29, 0.717) is 23.7 Å². The van der Waals surface area contributed by atoms with Crippen LogP contribution in [-0.2, 0) is 0 Å². The van der Waals surface area contributed by atoms with Crippen LogP contribution in [-0.4, -0.2) is 42.1 Å². The Kier molecular flexibility index (Phi) is 7.16. The molecule has 0 radical (unpaired) electrons. The quantitative estimate of drug-likeness (QED) is 0.682. The van der Waals surface area contributed by atoms with Crippen LogP contribution in [0.25, 0.3) is 0 Å². The van der Waals surface area contributed by atoms with Gasteiger partial charge >= 0.3 is 0 Å². The highest BCUT2D eigenvalue weighted by molar-refractivity contribution is 6.31. The molecule has 4 nitrogen and oxygen atoms in total. The number of aliphatic hydroxyl groups is 2. The Balaban J connectivity index is 2.29. The van der Waals surface area contributed by atoms with Crippen molar-refractivity contribution in [3.05, 3.63) is 28.8 Å². The van der Waals surface area contributed by atoms with Crippen molar-refractivity contribution >= 4 is 11.6 Å². The summed E-state index contributed by atoms with van der Waals surface area (Å²) >= 11 is 5.92. The fourth-order valence-electron chi connectivity index (χ4n) is 1.59. The summed E-state index contributed by atoms with van der Waals surface area (Å²) in [6, 6.07) is 5.58. The molecule has 0 saturated carbocycles. The molecule has 0 aliphatic rings. The van der Waals surface area contributed by atoms with Gasteiger partial charge in [-0.2, -0.15) is 0 Å². The molecule has 0 aromatic heterocycles. The summed E-state index contributed by atoms with van der Waals surface area (Å²) in [6.45, 7) is 4.68. The Morgan fingerprint density at radius 3 is 2.79 bits per heavy atom. The second-order valence-electron chi connectivity index (χ2n) is 4.70. The summed E-state index contributed by atoms with van der Waals surface area (Å²) in [5.41, 5.74) is 0.948. The summed E-state index contributed by atoms with van der Waals surface area (Å²) in [5.74, 6) is 0.698. The minimum atomic E-state index is -0.586. The third-order valence-electron chi connectivity index (χ3n) is 2.84. The highest BCUT2D eigenvalue weighted by atomic mass is 35.5. The van der Waals surface area contributed by atoms with E-state index in [9.17, 15) is 5.11 Å². The third-order valence-corrected chi connectivity index (χ3v) is 3.26. The molecule has 0 bridgehead atoms. The molecule has 0 saturated heterocycles. The van der Waals surface area contributed by atoms with Crippen LogP contribution in [0.1, 0.15) is 18.9 Å². The predicted molar refractivity (Wildman–Crippen MR) is 76.9 cm³/mol. The molecule has 5 heteroatoms. The monoisotopic (exact) mass is 287 g/mol. The fraction of sp³-hybridized carbons (Fsp3) is 0.571. The van der Waals surface area contributed by atoms with Crippen molar-refractivity contribution < 1.29 is 14.9 Å². The molecule has 0 fully saturated rings. The van der Waals surface area contributed by atoms with Crippen LogP contribution in [0.2, 0.25) is 5.02 Å². The van der Waals surface area contributed by atoms with E-state index in [-0.39, 0.29) is 19.3 Å². The van der Waals surface area contributed by atoms with Gasteiger partial charge in [-0.05, 0) is 44.0 Å². The van der Waals surface area contributed by atoms with Gasteiger partial charge in [-0.15, -0.1) is 0 Å². The number of nitrogens with one attached hydrogen (secondary N) is 1. The number of ether oxygens (including phenoxy) is 1. The second-order valence-corrected chi connectivity index (χ2v) is 5.10. The van der Waals surface area contributed by atoms with Crippen LogP contribution < -0.4 is 10.1 Å². The normalized spacial score (nSPS) is 14.2. The van der Waals surface area contributed by atoms with Crippen LogP contribution in [0, 0.1) is 6.92 Å². The summed E-state index contributed by atoms with van der Waals surface area (Å²) in [7, 11) is 0. The molecule has 0 amide bonds. The Labute approximate surface area is 119 Å². The van der Waals surface area contributed by atoms with Gasteiger partial charge < -0.3 is 20.3 Å². The molecule has 1 rings (SSSR count). The number of hydrogen-bond acceptors (Lipinski definition) is 4. The molecule has 0 heterocycles. The highest BCUT2D eigenvalue weighted by Gasteiger charge is 2.08. The molecule has 108 valence electrons. The molecule has 0 aliphatic carbocycles. The van der Waals surface area contributed by atoms with E-state index in [1.165, 1.54) is 0 Å². The van der Waals surface area contributed by atoms with E-state index in [2.05, 4.69) is 5.32 Å². The van der Waals surface area contributed by atoms with E-state index >= 15 is 0 Å². The molecule has 19 heavy (non-hydrogen) atoms. The molecule has 1 aromatic carbocycles. The Bertz CT molecular complexity index is 387. The Morgan fingerprint density at radius 1 is 1.42 bits per heavy atom. The lowest BCUT2D eigenvalue weighted by Gasteiger charge is -2.17. The first-order chi connectivity index (χ1) is 9.02. The Hall–Kier alpha value is -0.810. The van der Waals surface area contributed by atoms with Gasteiger partial charge in [-0.25, -0.2) is 0 Å². The molecule has 3 N–H and O–H groups in total. The standard InChI is InChI=1S/C14H22ClNO3/c1-10-7-13(3-4-14(10)15)19-9-12(18)8-16-11(2)5-6-17/h3-4,7,11-12,16-18H,5-6,8-9H2,1-2H3/t11-,12-/m1/s1. The number of aliphatic hydroxyl groups excluding tert-OH is 2. The summed E-state index contributed by atoms with van der Waals surface area (Å²) in [4.78, 5) is 0. The molecular weight excluding hydrogens is 266 g/mol. The number of aryl methyl sites for hydroxylation is 1. The lowest BCUT2D eigenvalue weighted by atomic mass is 10.2. The topological polar surface area (TPSA) is 61.7 Å². The van der Waals surface area contributed by atoms with Crippen LogP contribution in [0.15, 0.2) is 18.2 Å². The first-order valence-electron chi connectivity index (χ1n) is 6.44. The lowest BCUT2D eigenvalue weighted by Crippen LogP contribution is -2.37. The highest BCUT2D eigenvalue weighted by Crippen LogP contribution is 2.21. The third kappa shape index (κ3) is 6.25. The van der Waals surface area contributed by atoms with Crippen LogP contribution in [0.3, 0.4) is 0 Å². The van der Waals surface area contributed by atoms with Crippen molar-refractivity contribution in [2.75, 3.05) is 19.8 Å². The van der Waals surface area contributed by atoms with E-state index in [0.717, 1.165) is 5.56 Å². The van der Waals surface area contributed by atoms with Crippen molar-refractivity contribution in [2.45, 2.75) is 32.4 Å². The zero-order valence-electron chi connectivity index (χ0n) is 11.4. The largest absolute Gasteiger partial charge is 0.491 e. The van der Waals surface area contributed by atoms with Crippen LogP contribution in [0.4, 0.5) is 0 Å². The van der Waals surface area contributed by atoms with Gasteiger partial charge in [0, 0.05) is 24.2 Å². The molecule has 0 unspecified atom stereocenters. The van der Waals surface area contributed by atoms with Crippen LogP contribution >= 0.6 is 11.6 Å². The average Bonchev–Trinajstić information content (AvgIpc) is 2.38. The van der Waals surface area contributed by atoms with Gasteiger partial charge in [0.05, 0.1) is 0 Å². The van der Waals surface area contributed by atoms with E-state index in [4.69, 9.17) is 21.4 Å². The number of rotatable bonds is 8. The zero-order chi connectivity index (χ0) is 14.3. The van der Waals surface area contributed by atoms with Crippen molar-refractivity contribution in [3.63, 3.8) is 0 Å². The minimum Gasteiger partial charge on any atom is -0.491 e. The molecule has 0 aliphatic heterocycles. The van der Waals surface area contributed by atoms with Crippen molar-refractivity contribution in [1.29, 1.82) is 0 Å². The van der Waals surface area contributed by atoms with Crippen molar-refractivity contribution in [2.24, 2.45) is 0 Å². The predicted octanol–water partition coefficient (Wildman–Crippen LogP) is 1.75. The van der Waals surface area contributed by atoms with E-state index < -0.39 is 6.10 Å². The number of hydrogen-bond donors (Lipinski definition) is 3. The SMILES string of the molecule is Cc1cc(OC[C@H](O)CN[C@H](C)CCO)ccc1Cl. The smallest absolute Gasteiger partial charge is 0.119 e. The first kappa shape index (κ1) is 16.2. The zero-order valence-corrected chi connectivity index (χ0v) is 12.2. The Morgan fingerprint density at radius 2 is 2.16 bits per heavy atom. The number of halogens is 1. The van der Waals surface area contributed by atoms with Gasteiger partial charge in [0.25, 0.3) is 0 Å². The second kappa shape index (κ2) is 8.38. The fourth-order valence-corrected chi connectivity index (χ4v) is 1.71. The van der Waals surface area contributed by atoms with E-state index in [1.807, 2.05) is 19.9 Å². The minimum absolute atomic E-state index is 0.144. The average molecular weight is 288 g/mol. The maximum Gasteiger partial charge on any atom is 0.119 e. The van der Waals surface area contributed by atoms with Crippen molar-refractivity contribution in [1.82, 2.24) is 5.32 Å². The molecule has 0 spiro atoms. The van der Waals surface area contributed by atoms with E-state index in [1.54, 1.807) is 12.1 Å². The number of benzene rings is 1. The summed E-state index contributed by atoms with van der Waals surface area (Å²) < 4.78 is 5.50. The maximum atomic E-state index is 9.78. The maximum absolute atomic E-state index is 9.78. The van der Waals surface area contributed by atoms with Gasteiger partial charge in [0.2, 0.25) is 0 Å². The van der Waals surface area contributed by atoms with Crippen LogP contribution in [0.5, 0.6) is 5.75 Å². The van der Waals surface area contributed by atoms with Gasteiger partial charge in [0.15, 0.2) is 0 Å². The first-order valence-corrected chi connectivity index (χ1v) is 6.82. The van der Waals surface area contributed by atoms with Crippen molar-refractivity contribution in [3.8, 4) is 5.75 Å². The summed E-state index contributed by atoms with van der Waals surface area (Å²) in [6.07, 6.45) is 0.0846. The molecule has 2 atom stereocenters. The molecular formula is C14H22ClNO3. The molecule has 1 aromatic rings. The lowest BCUT2D eigenvalue weighted by molar-refractivity contribution is 0.103. The van der Waals surface area contributed by atoms with Gasteiger partial charge in [-0.3, -0.25) is 0 Å².